The zero-order valence-electron chi connectivity index (χ0n) is 11.4. The summed E-state index contributed by atoms with van der Waals surface area (Å²) in [6.45, 7) is 1.29. The molecule has 0 saturated heterocycles. The molecule has 0 amide bonds. The minimum absolute atomic E-state index is 0.0127. The van der Waals surface area contributed by atoms with Gasteiger partial charge in [-0.25, -0.2) is 0 Å². The molecule has 0 bridgehead atoms. The van der Waals surface area contributed by atoms with Crippen LogP contribution in [0.4, 0.5) is 0 Å². The lowest BCUT2D eigenvalue weighted by atomic mass is 10.1. The highest BCUT2D eigenvalue weighted by Crippen LogP contribution is 2.16. The molecule has 0 aliphatic carbocycles. The molecule has 2 heterocycles. The van der Waals surface area contributed by atoms with Crippen LogP contribution in [0.1, 0.15) is 23.7 Å². The van der Waals surface area contributed by atoms with Gasteiger partial charge in [0.25, 0.3) is 5.56 Å². The maximum absolute atomic E-state index is 12.3. The molecule has 0 aliphatic heterocycles. The number of hydrogen-bond donors (Lipinski definition) is 1. The van der Waals surface area contributed by atoms with E-state index in [-0.39, 0.29) is 24.3 Å². The fourth-order valence-corrected chi connectivity index (χ4v) is 2.01. The van der Waals surface area contributed by atoms with E-state index in [2.05, 4.69) is 4.98 Å². The van der Waals surface area contributed by atoms with Crippen LogP contribution in [0.5, 0.6) is 0 Å². The first-order valence-electron chi connectivity index (χ1n) is 6.38. The molecule has 6 nitrogen and oxygen atoms in total. The van der Waals surface area contributed by atoms with Crippen molar-refractivity contribution in [3.05, 3.63) is 52.4 Å². The maximum atomic E-state index is 12.3. The first kappa shape index (κ1) is 14.6. The number of nitrogens with zero attached hydrogens (tertiary/aromatic N) is 2. The Morgan fingerprint density at radius 1 is 1.24 bits per heavy atom. The second-order valence-corrected chi connectivity index (χ2v) is 4.50. The van der Waals surface area contributed by atoms with Crippen LogP contribution in [0.3, 0.4) is 0 Å². The van der Waals surface area contributed by atoms with Crippen LogP contribution in [0.15, 0.2) is 41.3 Å². The molecular formula is C15H14N2O4. The van der Waals surface area contributed by atoms with Crippen molar-refractivity contribution in [3.8, 4) is 11.4 Å². The van der Waals surface area contributed by atoms with Crippen LogP contribution in [0.25, 0.3) is 11.4 Å². The molecule has 2 aromatic rings. The number of hydrogen-bond acceptors (Lipinski definition) is 4. The molecule has 2 aromatic heterocycles. The standard InChI is InChI=1S/C15H14N2O4/c1-10(18)11-5-6-13(12-4-2-3-8-16-12)17(15(11)21)9-7-14(19)20/h2-6,8H,7,9H2,1H3,(H,19,20). The van der Waals surface area contributed by atoms with Gasteiger partial charge in [-0.3, -0.25) is 19.4 Å². The second-order valence-electron chi connectivity index (χ2n) is 4.50. The summed E-state index contributed by atoms with van der Waals surface area (Å²) < 4.78 is 1.28. The fourth-order valence-electron chi connectivity index (χ4n) is 2.01. The van der Waals surface area contributed by atoms with Gasteiger partial charge in [0.15, 0.2) is 5.78 Å². The van der Waals surface area contributed by atoms with E-state index in [1.807, 2.05) is 0 Å². The molecule has 0 fully saturated rings. The summed E-state index contributed by atoms with van der Waals surface area (Å²) in [6, 6.07) is 8.30. The van der Waals surface area contributed by atoms with E-state index in [4.69, 9.17) is 5.11 Å². The molecule has 0 spiro atoms. The van der Waals surface area contributed by atoms with Gasteiger partial charge in [0.2, 0.25) is 0 Å². The van der Waals surface area contributed by atoms with Crippen LogP contribution >= 0.6 is 0 Å². The number of aliphatic carboxylic acids is 1. The molecule has 0 atom stereocenters. The quantitative estimate of drug-likeness (QED) is 0.843. The van der Waals surface area contributed by atoms with E-state index in [0.29, 0.717) is 11.4 Å². The minimum Gasteiger partial charge on any atom is -0.481 e. The first-order chi connectivity index (χ1) is 10.0. The van der Waals surface area contributed by atoms with E-state index in [9.17, 15) is 14.4 Å². The molecule has 2 rings (SSSR count). The van der Waals surface area contributed by atoms with Crippen LogP contribution in [0.2, 0.25) is 0 Å². The van der Waals surface area contributed by atoms with Gasteiger partial charge in [0, 0.05) is 12.7 Å². The Morgan fingerprint density at radius 2 is 2.00 bits per heavy atom. The second kappa shape index (κ2) is 6.13. The number of carboxylic acids is 1. The van der Waals surface area contributed by atoms with E-state index in [0.717, 1.165) is 0 Å². The average molecular weight is 286 g/mol. The molecule has 0 unspecified atom stereocenters. The summed E-state index contributed by atoms with van der Waals surface area (Å²) >= 11 is 0. The maximum Gasteiger partial charge on any atom is 0.305 e. The number of rotatable bonds is 5. The van der Waals surface area contributed by atoms with Gasteiger partial charge in [-0.05, 0) is 31.2 Å². The molecule has 0 aliphatic rings. The number of carbonyl (C=O) groups excluding carboxylic acids is 1. The van der Waals surface area contributed by atoms with Gasteiger partial charge in [-0.15, -0.1) is 0 Å². The predicted octanol–water partition coefficient (Wildman–Crippen LogP) is 1.59. The normalized spacial score (nSPS) is 10.3. The monoisotopic (exact) mass is 286 g/mol. The van der Waals surface area contributed by atoms with Crippen LogP contribution in [-0.4, -0.2) is 26.4 Å². The molecule has 0 saturated carbocycles. The van der Waals surface area contributed by atoms with Crippen molar-refractivity contribution in [2.75, 3.05) is 0 Å². The van der Waals surface area contributed by atoms with Crippen molar-refractivity contribution in [1.82, 2.24) is 9.55 Å². The van der Waals surface area contributed by atoms with E-state index in [1.54, 1.807) is 30.5 Å². The Bertz CT molecular complexity index is 735. The number of aromatic nitrogens is 2. The van der Waals surface area contributed by atoms with Crippen LogP contribution < -0.4 is 5.56 Å². The number of carbonyl (C=O) groups is 2. The van der Waals surface area contributed by atoms with Crippen molar-refractivity contribution in [3.63, 3.8) is 0 Å². The van der Waals surface area contributed by atoms with Gasteiger partial charge in [0.05, 0.1) is 23.4 Å². The highest BCUT2D eigenvalue weighted by molar-refractivity contribution is 5.93. The minimum atomic E-state index is -1.01. The van der Waals surface area contributed by atoms with Gasteiger partial charge in [0.1, 0.15) is 0 Å². The summed E-state index contributed by atoms with van der Waals surface area (Å²) in [7, 11) is 0. The third-order valence-corrected chi connectivity index (χ3v) is 3.03. The lowest BCUT2D eigenvalue weighted by molar-refractivity contribution is -0.137. The van der Waals surface area contributed by atoms with Crippen LogP contribution in [-0.2, 0) is 11.3 Å². The molecule has 0 radical (unpaired) electrons. The summed E-state index contributed by atoms with van der Waals surface area (Å²) in [5.74, 6) is -1.36. The van der Waals surface area contributed by atoms with Gasteiger partial charge in [-0.2, -0.15) is 0 Å². The number of Topliss-reactive ketones (excluding diaryl/α,β-unsaturated/α-hetero) is 1. The molecular weight excluding hydrogens is 272 g/mol. The zero-order chi connectivity index (χ0) is 15.4. The number of ketones is 1. The van der Waals surface area contributed by atoms with Gasteiger partial charge >= 0.3 is 5.97 Å². The molecule has 6 heteroatoms. The van der Waals surface area contributed by atoms with Gasteiger partial charge < -0.3 is 9.67 Å². The SMILES string of the molecule is CC(=O)c1ccc(-c2ccccn2)n(CCC(=O)O)c1=O. The lowest BCUT2D eigenvalue weighted by Gasteiger charge is -2.12. The Hall–Kier alpha value is -2.76. The molecule has 108 valence electrons. The smallest absolute Gasteiger partial charge is 0.305 e. The number of carboxylic acid groups (broad SMARTS) is 1. The Balaban J connectivity index is 2.59. The highest BCUT2D eigenvalue weighted by atomic mass is 16.4. The van der Waals surface area contributed by atoms with Crippen LogP contribution in [0, 0.1) is 0 Å². The molecule has 1 N–H and O–H groups in total. The van der Waals surface area contributed by atoms with Crippen molar-refractivity contribution in [2.45, 2.75) is 19.9 Å². The Morgan fingerprint density at radius 3 is 2.57 bits per heavy atom. The molecule has 21 heavy (non-hydrogen) atoms. The topological polar surface area (TPSA) is 89.3 Å². The summed E-state index contributed by atoms with van der Waals surface area (Å²) in [6.07, 6.45) is 1.38. The van der Waals surface area contributed by atoms with Gasteiger partial charge in [-0.1, -0.05) is 6.07 Å². The third-order valence-electron chi connectivity index (χ3n) is 3.03. The van der Waals surface area contributed by atoms with Crippen molar-refractivity contribution < 1.29 is 14.7 Å². The first-order valence-corrected chi connectivity index (χ1v) is 6.38. The highest BCUT2D eigenvalue weighted by Gasteiger charge is 2.14. The Labute approximate surface area is 120 Å². The Kier molecular flexibility index (Phi) is 4.27. The molecule has 0 aromatic carbocycles. The number of pyridine rings is 2. The summed E-state index contributed by atoms with van der Waals surface area (Å²) in [5, 5.41) is 8.81. The van der Waals surface area contributed by atoms with E-state index < -0.39 is 11.5 Å². The largest absolute Gasteiger partial charge is 0.481 e. The summed E-state index contributed by atoms with van der Waals surface area (Å²) in [4.78, 5) is 38.7. The zero-order valence-corrected chi connectivity index (χ0v) is 11.4. The fraction of sp³-hybridized carbons (Fsp3) is 0.200. The van der Waals surface area contributed by atoms with Crippen molar-refractivity contribution >= 4 is 11.8 Å². The average Bonchev–Trinajstić information content (AvgIpc) is 2.46. The van der Waals surface area contributed by atoms with E-state index in [1.165, 1.54) is 17.6 Å². The third kappa shape index (κ3) is 3.22. The van der Waals surface area contributed by atoms with E-state index >= 15 is 0 Å². The predicted molar refractivity (Wildman–Crippen MR) is 76.2 cm³/mol. The lowest BCUT2D eigenvalue weighted by Crippen LogP contribution is -2.27. The summed E-state index contributed by atoms with van der Waals surface area (Å²) in [5.41, 5.74) is 0.592. The van der Waals surface area contributed by atoms with Crippen molar-refractivity contribution in [2.24, 2.45) is 0 Å². The van der Waals surface area contributed by atoms with Crippen molar-refractivity contribution in [1.29, 1.82) is 0 Å².